The molecule has 0 radical (unpaired) electrons. The Morgan fingerprint density at radius 3 is 2.14 bits per heavy atom. The van der Waals surface area contributed by atoms with Gasteiger partial charge < -0.3 is 55.0 Å². The SMILES string of the molecule is CNC(C)C(=O)NC(C(=O)N1CCN(C(=O)c2c(C(=O)NCCOCCOCCNC(=O)O)c3ccc(OC)cc3n2C)CC1)C1CCCCC1. The predicted molar refractivity (Wildman–Crippen MR) is 189 cm³/mol. The standard InChI is InChI=1S/C35H53N7O9/c1-23(36-2)31(43)39-29(24-8-6-5-7-9-24)33(45)41-14-16-42(17-15-41)34(46)30-28(26-11-10-25(49-4)22-27(26)40(30)3)32(44)37-12-18-50-20-21-51-19-13-38-35(47)48/h10-11,22-24,29,36,38H,5-9,12-21H2,1-4H3,(H,37,44)(H,39,43)(H,47,48). The number of rotatable bonds is 17. The molecule has 2 unspecified atom stereocenters. The van der Waals surface area contributed by atoms with Crippen LogP contribution in [-0.4, -0.2) is 141 Å². The monoisotopic (exact) mass is 715 g/mol. The van der Waals surface area contributed by atoms with Gasteiger partial charge in [0.25, 0.3) is 11.8 Å². The summed E-state index contributed by atoms with van der Waals surface area (Å²) >= 11 is 0. The Morgan fingerprint density at radius 1 is 0.902 bits per heavy atom. The minimum Gasteiger partial charge on any atom is -0.497 e. The number of likely N-dealkylation sites (N-methyl/N-ethyl adjacent to an activating group) is 1. The maximum atomic E-state index is 14.2. The first-order chi connectivity index (χ1) is 24.6. The average molecular weight is 716 g/mol. The van der Waals surface area contributed by atoms with Crippen LogP contribution in [0.5, 0.6) is 5.75 Å². The molecular weight excluding hydrogens is 662 g/mol. The summed E-state index contributed by atoms with van der Waals surface area (Å²) in [6.07, 6.45) is 3.83. The zero-order valence-corrected chi connectivity index (χ0v) is 30.1. The Morgan fingerprint density at radius 2 is 1.53 bits per heavy atom. The lowest BCUT2D eigenvalue weighted by molar-refractivity contribution is -0.140. The van der Waals surface area contributed by atoms with Gasteiger partial charge in [-0.2, -0.15) is 0 Å². The fourth-order valence-electron chi connectivity index (χ4n) is 6.63. The summed E-state index contributed by atoms with van der Waals surface area (Å²) in [5.74, 6) is -0.429. The summed E-state index contributed by atoms with van der Waals surface area (Å²) in [6.45, 7) is 4.24. The number of aromatic nitrogens is 1. The number of ether oxygens (including phenoxy) is 3. The molecule has 51 heavy (non-hydrogen) atoms. The van der Waals surface area contributed by atoms with E-state index in [1.54, 1.807) is 60.7 Å². The number of carboxylic acid groups (broad SMARTS) is 1. The first-order valence-corrected chi connectivity index (χ1v) is 17.7. The van der Waals surface area contributed by atoms with Crippen molar-refractivity contribution in [2.75, 3.05) is 79.9 Å². The second-order valence-electron chi connectivity index (χ2n) is 12.9. The average Bonchev–Trinajstić information content (AvgIpc) is 3.44. The second-order valence-corrected chi connectivity index (χ2v) is 12.9. The Balaban J connectivity index is 1.41. The van der Waals surface area contributed by atoms with Crippen molar-refractivity contribution in [1.29, 1.82) is 0 Å². The molecule has 1 aromatic carbocycles. The summed E-state index contributed by atoms with van der Waals surface area (Å²) in [5, 5.41) is 20.2. The topological polar surface area (TPSA) is 193 Å². The van der Waals surface area contributed by atoms with Crippen molar-refractivity contribution in [3.05, 3.63) is 29.5 Å². The van der Waals surface area contributed by atoms with Crippen LogP contribution in [0.3, 0.4) is 0 Å². The van der Waals surface area contributed by atoms with Crippen LogP contribution in [0.15, 0.2) is 18.2 Å². The first kappa shape index (κ1) is 39.4. The van der Waals surface area contributed by atoms with Gasteiger partial charge in [-0.1, -0.05) is 19.3 Å². The normalized spacial score (nSPS) is 16.4. The number of piperazine rings is 1. The van der Waals surface area contributed by atoms with Crippen LogP contribution < -0.4 is 26.0 Å². The zero-order chi connectivity index (χ0) is 36.9. The number of aryl methyl sites for hydroxylation is 1. The maximum Gasteiger partial charge on any atom is 0.404 e. The van der Waals surface area contributed by atoms with E-state index in [1.165, 1.54) is 0 Å². The molecule has 2 aromatic rings. The number of nitrogens with one attached hydrogen (secondary N) is 4. The molecule has 1 aromatic heterocycles. The number of hydrogen-bond donors (Lipinski definition) is 5. The van der Waals surface area contributed by atoms with E-state index < -0.39 is 24.1 Å². The van der Waals surface area contributed by atoms with Crippen molar-refractivity contribution in [1.82, 2.24) is 35.6 Å². The molecule has 2 fully saturated rings. The molecule has 16 nitrogen and oxygen atoms in total. The number of fused-ring (bicyclic) bond motifs is 1. The van der Waals surface area contributed by atoms with Crippen LogP contribution in [-0.2, 0) is 26.1 Å². The van der Waals surface area contributed by atoms with Crippen molar-refractivity contribution in [2.45, 2.75) is 51.1 Å². The molecule has 1 saturated heterocycles. The van der Waals surface area contributed by atoms with Gasteiger partial charge in [0.1, 0.15) is 17.5 Å². The van der Waals surface area contributed by atoms with Gasteiger partial charge in [0, 0.05) is 57.8 Å². The molecule has 1 aliphatic carbocycles. The van der Waals surface area contributed by atoms with Crippen molar-refractivity contribution in [3.63, 3.8) is 0 Å². The molecule has 2 heterocycles. The minimum atomic E-state index is -1.11. The Kier molecular flexibility index (Phi) is 14.9. The summed E-state index contributed by atoms with van der Waals surface area (Å²) in [6, 6.07) is 4.24. The van der Waals surface area contributed by atoms with Gasteiger partial charge in [-0.3, -0.25) is 19.2 Å². The number of benzene rings is 1. The van der Waals surface area contributed by atoms with Crippen molar-refractivity contribution >= 4 is 40.6 Å². The van der Waals surface area contributed by atoms with Crippen LogP contribution in [0.25, 0.3) is 10.9 Å². The largest absolute Gasteiger partial charge is 0.497 e. The number of methoxy groups -OCH3 is 1. The fraction of sp³-hybridized carbons (Fsp3) is 0.629. The number of nitrogens with zero attached hydrogens (tertiary/aromatic N) is 3. The third-order valence-corrected chi connectivity index (χ3v) is 9.65. The van der Waals surface area contributed by atoms with E-state index in [0.29, 0.717) is 29.7 Å². The molecular formula is C35H53N7O9. The van der Waals surface area contributed by atoms with E-state index in [2.05, 4.69) is 21.3 Å². The van der Waals surface area contributed by atoms with E-state index >= 15 is 0 Å². The molecule has 16 heteroatoms. The summed E-state index contributed by atoms with van der Waals surface area (Å²) in [5.41, 5.74) is 1.13. The third-order valence-electron chi connectivity index (χ3n) is 9.65. The van der Waals surface area contributed by atoms with Crippen LogP contribution in [0.4, 0.5) is 4.79 Å². The van der Waals surface area contributed by atoms with Gasteiger partial charge in [-0.05, 0) is 44.9 Å². The Hall–Kier alpha value is -4.41. The van der Waals surface area contributed by atoms with Crippen LogP contribution in [0, 0.1) is 5.92 Å². The van der Waals surface area contributed by atoms with E-state index in [4.69, 9.17) is 19.3 Å². The molecule has 4 rings (SSSR count). The lowest BCUT2D eigenvalue weighted by Crippen LogP contribution is -2.59. The highest BCUT2D eigenvalue weighted by Gasteiger charge is 2.37. The molecule has 5 amide bonds. The Bertz CT molecular complexity index is 1520. The lowest BCUT2D eigenvalue weighted by atomic mass is 9.83. The molecule has 2 aliphatic rings. The van der Waals surface area contributed by atoms with Crippen LogP contribution in [0.1, 0.15) is 59.9 Å². The quantitative estimate of drug-likeness (QED) is 0.149. The zero-order valence-electron chi connectivity index (χ0n) is 30.1. The van der Waals surface area contributed by atoms with Gasteiger partial charge in [-0.25, -0.2) is 4.79 Å². The van der Waals surface area contributed by atoms with Gasteiger partial charge in [0.05, 0.1) is 50.7 Å². The van der Waals surface area contributed by atoms with Crippen LogP contribution >= 0.6 is 0 Å². The molecule has 1 aliphatic heterocycles. The Labute approximate surface area is 298 Å². The highest BCUT2D eigenvalue weighted by Crippen LogP contribution is 2.31. The lowest BCUT2D eigenvalue weighted by Gasteiger charge is -2.39. The number of amides is 5. The third kappa shape index (κ3) is 10.3. The summed E-state index contributed by atoms with van der Waals surface area (Å²) in [7, 11) is 5.00. The highest BCUT2D eigenvalue weighted by atomic mass is 16.5. The smallest absolute Gasteiger partial charge is 0.404 e. The van der Waals surface area contributed by atoms with E-state index in [9.17, 15) is 24.0 Å². The van der Waals surface area contributed by atoms with Crippen molar-refractivity contribution in [3.8, 4) is 5.75 Å². The van der Waals surface area contributed by atoms with Crippen molar-refractivity contribution < 1.29 is 43.3 Å². The summed E-state index contributed by atoms with van der Waals surface area (Å²) < 4.78 is 18.0. The predicted octanol–water partition coefficient (Wildman–Crippen LogP) is 1.17. The number of hydrogen-bond acceptors (Lipinski definition) is 9. The highest BCUT2D eigenvalue weighted by molar-refractivity contribution is 6.16. The van der Waals surface area contributed by atoms with E-state index in [1.807, 2.05) is 0 Å². The fourth-order valence-corrected chi connectivity index (χ4v) is 6.63. The minimum absolute atomic E-state index is 0.0690. The maximum absolute atomic E-state index is 14.2. The molecule has 5 N–H and O–H groups in total. The van der Waals surface area contributed by atoms with Gasteiger partial charge >= 0.3 is 6.09 Å². The molecule has 0 spiro atoms. The first-order valence-electron chi connectivity index (χ1n) is 17.7. The molecule has 0 bridgehead atoms. The van der Waals surface area contributed by atoms with Crippen molar-refractivity contribution in [2.24, 2.45) is 13.0 Å². The second kappa shape index (κ2) is 19.3. The van der Waals surface area contributed by atoms with Crippen LogP contribution in [0.2, 0.25) is 0 Å². The molecule has 282 valence electrons. The van der Waals surface area contributed by atoms with Gasteiger partial charge in [0.2, 0.25) is 11.8 Å². The van der Waals surface area contributed by atoms with E-state index in [-0.39, 0.29) is 87.5 Å². The molecule has 1 saturated carbocycles. The number of carbonyl (C=O) groups is 5. The molecule has 2 atom stereocenters. The van der Waals surface area contributed by atoms with Gasteiger partial charge in [0.15, 0.2) is 0 Å². The van der Waals surface area contributed by atoms with E-state index in [0.717, 1.165) is 32.1 Å². The summed E-state index contributed by atoms with van der Waals surface area (Å²) in [4.78, 5) is 68.5. The van der Waals surface area contributed by atoms with Gasteiger partial charge in [-0.15, -0.1) is 0 Å². The number of carbonyl (C=O) groups excluding carboxylic acids is 4.